The molecule has 0 rings (SSSR count). The Labute approximate surface area is 63.3 Å². The van der Waals surface area contributed by atoms with E-state index in [1.54, 1.807) is 0 Å². The van der Waals surface area contributed by atoms with E-state index in [1.807, 2.05) is 19.1 Å². The lowest BCUT2D eigenvalue weighted by Gasteiger charge is -2.00. The fourth-order valence-corrected chi connectivity index (χ4v) is 0.569. The summed E-state index contributed by atoms with van der Waals surface area (Å²) >= 11 is 0. The van der Waals surface area contributed by atoms with Crippen molar-refractivity contribution in [2.45, 2.75) is 13.8 Å². The van der Waals surface area contributed by atoms with Crippen LogP contribution in [0, 0.1) is 0 Å². The van der Waals surface area contributed by atoms with Gasteiger partial charge in [0, 0.05) is 6.54 Å². The van der Waals surface area contributed by atoms with E-state index in [2.05, 4.69) is 12.2 Å². The predicted molar refractivity (Wildman–Crippen MR) is 44.2 cm³/mol. The number of hydrogen-bond donors (Lipinski definition) is 1. The highest BCUT2D eigenvalue weighted by molar-refractivity contribution is 4.75. The Morgan fingerprint density at radius 2 is 2.30 bits per heavy atom. The van der Waals surface area contributed by atoms with Crippen molar-refractivity contribution in [1.29, 1.82) is 0 Å². The lowest BCUT2D eigenvalue weighted by atomic mass is 10.5. The van der Waals surface area contributed by atoms with Gasteiger partial charge in [-0.1, -0.05) is 19.1 Å². The van der Waals surface area contributed by atoms with Gasteiger partial charge in [0.15, 0.2) is 0 Å². The summed E-state index contributed by atoms with van der Waals surface area (Å²) in [5.41, 5.74) is 0. The van der Waals surface area contributed by atoms with Crippen LogP contribution in [-0.2, 0) is 4.74 Å². The molecular weight excluding hydrogens is 126 g/mol. The van der Waals surface area contributed by atoms with Crippen LogP contribution in [0.4, 0.5) is 0 Å². The van der Waals surface area contributed by atoms with Crippen LogP contribution in [0.5, 0.6) is 0 Å². The zero-order valence-corrected chi connectivity index (χ0v) is 6.89. The van der Waals surface area contributed by atoms with E-state index in [9.17, 15) is 0 Å². The molecule has 0 aromatic rings. The first kappa shape index (κ1) is 9.66. The third kappa shape index (κ3) is 7.66. The molecule has 1 N–H and O–H groups in total. The highest BCUT2D eigenvalue weighted by atomic mass is 16.5. The minimum Gasteiger partial charge on any atom is -0.376 e. The summed E-state index contributed by atoms with van der Waals surface area (Å²) in [6.45, 7) is 7.60. The summed E-state index contributed by atoms with van der Waals surface area (Å²) in [6.07, 6.45) is 4.00. The standard InChI is InChI=1S/C8H17NO/c1-3-5-7-10-8-6-9-4-2/h3,5,9H,4,6-8H2,1-2H3/b5-3+. The first-order valence-electron chi connectivity index (χ1n) is 3.81. The highest BCUT2D eigenvalue weighted by Gasteiger charge is 1.81. The number of hydrogen-bond acceptors (Lipinski definition) is 2. The normalized spacial score (nSPS) is 11.0. The number of ether oxygens (including phenoxy) is 1. The second kappa shape index (κ2) is 8.66. The van der Waals surface area contributed by atoms with Gasteiger partial charge in [-0.2, -0.15) is 0 Å². The van der Waals surface area contributed by atoms with Gasteiger partial charge in [-0.3, -0.25) is 0 Å². The number of likely N-dealkylation sites (N-methyl/N-ethyl adjacent to an activating group) is 1. The van der Waals surface area contributed by atoms with Crippen LogP contribution in [0.25, 0.3) is 0 Å². The topological polar surface area (TPSA) is 21.3 Å². The van der Waals surface area contributed by atoms with Crippen molar-refractivity contribution in [3.05, 3.63) is 12.2 Å². The minimum atomic E-state index is 0.738. The summed E-state index contributed by atoms with van der Waals surface area (Å²) in [4.78, 5) is 0. The summed E-state index contributed by atoms with van der Waals surface area (Å²) < 4.78 is 5.23. The molecule has 2 heteroatoms. The summed E-state index contributed by atoms with van der Waals surface area (Å²) in [5.74, 6) is 0. The Bertz CT molecular complexity index is 81.3. The van der Waals surface area contributed by atoms with Gasteiger partial charge in [-0.25, -0.2) is 0 Å². The smallest absolute Gasteiger partial charge is 0.0647 e. The maximum absolute atomic E-state index is 5.23. The SMILES string of the molecule is C/C=C/COCCNCC. The number of allylic oxidation sites excluding steroid dienone is 1. The molecule has 0 aromatic heterocycles. The molecule has 0 aliphatic carbocycles. The van der Waals surface area contributed by atoms with E-state index in [-0.39, 0.29) is 0 Å². The summed E-state index contributed by atoms with van der Waals surface area (Å²) in [6, 6.07) is 0. The minimum absolute atomic E-state index is 0.738. The Hall–Kier alpha value is -0.340. The Morgan fingerprint density at radius 1 is 1.50 bits per heavy atom. The summed E-state index contributed by atoms with van der Waals surface area (Å²) in [7, 11) is 0. The predicted octanol–water partition coefficient (Wildman–Crippen LogP) is 1.19. The van der Waals surface area contributed by atoms with Crippen molar-refractivity contribution in [1.82, 2.24) is 5.32 Å². The molecule has 0 amide bonds. The van der Waals surface area contributed by atoms with Gasteiger partial charge in [0.25, 0.3) is 0 Å². The van der Waals surface area contributed by atoms with Crippen LogP contribution in [0.1, 0.15) is 13.8 Å². The Balaban J connectivity index is 2.77. The Morgan fingerprint density at radius 3 is 2.90 bits per heavy atom. The van der Waals surface area contributed by atoms with Gasteiger partial charge in [-0.05, 0) is 13.5 Å². The average Bonchev–Trinajstić information content (AvgIpc) is 1.97. The fraction of sp³-hybridized carbons (Fsp3) is 0.750. The maximum atomic E-state index is 5.23. The average molecular weight is 143 g/mol. The molecule has 0 spiro atoms. The fourth-order valence-electron chi connectivity index (χ4n) is 0.569. The second-order valence-corrected chi connectivity index (χ2v) is 2.00. The van der Waals surface area contributed by atoms with Gasteiger partial charge in [-0.15, -0.1) is 0 Å². The van der Waals surface area contributed by atoms with Crippen molar-refractivity contribution < 1.29 is 4.74 Å². The van der Waals surface area contributed by atoms with E-state index in [1.165, 1.54) is 0 Å². The zero-order chi connectivity index (χ0) is 7.66. The van der Waals surface area contributed by atoms with Crippen molar-refractivity contribution in [2.24, 2.45) is 0 Å². The molecule has 0 unspecified atom stereocenters. The lowest BCUT2D eigenvalue weighted by molar-refractivity contribution is 0.164. The molecular formula is C8H17NO. The number of nitrogens with one attached hydrogen (secondary N) is 1. The van der Waals surface area contributed by atoms with Crippen LogP contribution < -0.4 is 5.32 Å². The van der Waals surface area contributed by atoms with Crippen LogP contribution in [-0.4, -0.2) is 26.3 Å². The van der Waals surface area contributed by atoms with Crippen LogP contribution >= 0.6 is 0 Å². The summed E-state index contributed by atoms with van der Waals surface area (Å²) in [5, 5.41) is 3.18. The third-order valence-electron chi connectivity index (χ3n) is 1.12. The van der Waals surface area contributed by atoms with Gasteiger partial charge < -0.3 is 10.1 Å². The quantitative estimate of drug-likeness (QED) is 0.445. The molecule has 0 aliphatic heterocycles. The molecule has 60 valence electrons. The van der Waals surface area contributed by atoms with E-state index in [4.69, 9.17) is 4.74 Å². The van der Waals surface area contributed by atoms with Crippen LogP contribution in [0.2, 0.25) is 0 Å². The number of rotatable bonds is 6. The van der Waals surface area contributed by atoms with Gasteiger partial charge in [0.2, 0.25) is 0 Å². The van der Waals surface area contributed by atoms with Gasteiger partial charge >= 0.3 is 0 Å². The van der Waals surface area contributed by atoms with Gasteiger partial charge in [0.05, 0.1) is 13.2 Å². The lowest BCUT2D eigenvalue weighted by Crippen LogP contribution is -2.18. The molecule has 0 saturated heterocycles. The molecule has 0 bridgehead atoms. The molecule has 0 fully saturated rings. The van der Waals surface area contributed by atoms with Crippen LogP contribution in [0.15, 0.2) is 12.2 Å². The van der Waals surface area contributed by atoms with Crippen molar-refractivity contribution >= 4 is 0 Å². The van der Waals surface area contributed by atoms with Crippen LogP contribution in [0.3, 0.4) is 0 Å². The van der Waals surface area contributed by atoms with E-state index >= 15 is 0 Å². The third-order valence-corrected chi connectivity index (χ3v) is 1.12. The first-order valence-corrected chi connectivity index (χ1v) is 3.81. The largest absolute Gasteiger partial charge is 0.376 e. The molecule has 0 atom stereocenters. The van der Waals surface area contributed by atoms with E-state index < -0.39 is 0 Å². The second-order valence-electron chi connectivity index (χ2n) is 2.00. The first-order chi connectivity index (χ1) is 4.91. The van der Waals surface area contributed by atoms with E-state index in [0.717, 1.165) is 26.3 Å². The van der Waals surface area contributed by atoms with Crippen molar-refractivity contribution in [2.75, 3.05) is 26.3 Å². The molecule has 0 saturated carbocycles. The maximum Gasteiger partial charge on any atom is 0.0647 e. The molecule has 0 aliphatic rings. The van der Waals surface area contributed by atoms with Gasteiger partial charge in [0.1, 0.15) is 0 Å². The molecule has 0 aromatic carbocycles. The Kier molecular flexibility index (Phi) is 8.37. The highest BCUT2D eigenvalue weighted by Crippen LogP contribution is 1.75. The van der Waals surface area contributed by atoms with Crippen molar-refractivity contribution in [3.8, 4) is 0 Å². The zero-order valence-electron chi connectivity index (χ0n) is 6.89. The molecule has 2 nitrogen and oxygen atoms in total. The van der Waals surface area contributed by atoms with E-state index in [0.29, 0.717) is 0 Å². The molecule has 0 radical (unpaired) electrons. The molecule has 0 heterocycles. The molecule has 10 heavy (non-hydrogen) atoms. The monoisotopic (exact) mass is 143 g/mol. The van der Waals surface area contributed by atoms with Crippen molar-refractivity contribution in [3.63, 3.8) is 0 Å².